The van der Waals surface area contributed by atoms with E-state index in [1.54, 1.807) is 0 Å². The van der Waals surface area contributed by atoms with Gasteiger partial charge in [0.1, 0.15) is 16.7 Å². The first kappa shape index (κ1) is 24.6. The number of furan rings is 1. The molecule has 0 N–H and O–H groups in total. The highest BCUT2D eigenvalue weighted by Crippen LogP contribution is 2.43. The van der Waals surface area contributed by atoms with Gasteiger partial charge in [-0.3, -0.25) is 4.40 Å². The number of thiophene rings is 1. The first-order valence-corrected chi connectivity index (χ1v) is 15.7. The van der Waals surface area contributed by atoms with Crippen molar-refractivity contribution in [3.05, 3.63) is 134 Å². The van der Waals surface area contributed by atoms with Gasteiger partial charge in [-0.1, -0.05) is 97.1 Å². The molecule has 0 aliphatic heterocycles. The molecule has 0 spiro atoms. The molecule has 10 aromatic rings. The Morgan fingerprint density at radius 1 is 0.600 bits per heavy atom. The highest BCUT2D eigenvalue weighted by molar-refractivity contribution is 7.26. The summed E-state index contributed by atoms with van der Waals surface area (Å²) in [6.45, 7) is 0. The summed E-state index contributed by atoms with van der Waals surface area (Å²) in [5, 5.41) is 4.44. The molecule has 6 heteroatoms. The molecule has 0 aliphatic carbocycles. The molecule has 0 unspecified atom stereocenters. The number of para-hydroxylation sites is 1. The molecule has 0 amide bonds. The van der Waals surface area contributed by atoms with Crippen molar-refractivity contribution in [3.8, 4) is 33.8 Å². The van der Waals surface area contributed by atoms with Crippen LogP contribution in [0.1, 0.15) is 0 Å². The summed E-state index contributed by atoms with van der Waals surface area (Å²) in [4.78, 5) is 15.2. The van der Waals surface area contributed by atoms with E-state index in [0.717, 1.165) is 61.0 Å². The minimum absolute atomic E-state index is 0.589. The van der Waals surface area contributed by atoms with Crippen LogP contribution in [0.4, 0.5) is 0 Å². The van der Waals surface area contributed by atoms with E-state index in [1.807, 2.05) is 53.8 Å². The third kappa shape index (κ3) is 3.63. The number of rotatable bonds is 3. The number of aromatic nitrogens is 4. The minimum Gasteiger partial charge on any atom is -0.438 e. The van der Waals surface area contributed by atoms with Crippen molar-refractivity contribution in [1.82, 2.24) is 19.4 Å². The Hall–Kier alpha value is -5.85. The van der Waals surface area contributed by atoms with Crippen molar-refractivity contribution < 1.29 is 4.42 Å². The van der Waals surface area contributed by atoms with Gasteiger partial charge in [-0.2, -0.15) is 4.98 Å². The molecule has 5 heterocycles. The van der Waals surface area contributed by atoms with Crippen LogP contribution in [0.5, 0.6) is 0 Å². The molecule has 5 aromatic carbocycles. The van der Waals surface area contributed by atoms with E-state index in [9.17, 15) is 0 Å². The average molecular weight is 595 g/mol. The van der Waals surface area contributed by atoms with E-state index in [0.29, 0.717) is 11.5 Å². The zero-order valence-corrected chi connectivity index (χ0v) is 24.6. The maximum Gasteiger partial charge on any atom is 0.231 e. The molecule has 0 radical (unpaired) electrons. The first-order valence-electron chi connectivity index (χ1n) is 14.9. The van der Waals surface area contributed by atoms with Gasteiger partial charge in [-0.25, -0.2) is 9.97 Å². The van der Waals surface area contributed by atoms with E-state index >= 15 is 0 Å². The summed E-state index contributed by atoms with van der Waals surface area (Å²) in [5.74, 6) is 0.631. The molecule has 0 fully saturated rings. The Bertz CT molecular complexity index is 2760. The van der Waals surface area contributed by atoms with Crippen LogP contribution in [-0.4, -0.2) is 19.4 Å². The van der Waals surface area contributed by atoms with Crippen LogP contribution in [-0.2, 0) is 0 Å². The van der Waals surface area contributed by atoms with E-state index in [2.05, 4.69) is 95.5 Å². The summed E-state index contributed by atoms with van der Waals surface area (Å²) >= 11 is 1.81. The van der Waals surface area contributed by atoms with Crippen molar-refractivity contribution in [3.63, 3.8) is 0 Å². The van der Waals surface area contributed by atoms with Crippen LogP contribution >= 0.6 is 11.3 Å². The first-order chi connectivity index (χ1) is 22.3. The normalized spacial score (nSPS) is 12.0. The van der Waals surface area contributed by atoms with Gasteiger partial charge < -0.3 is 4.42 Å². The number of hydrogen-bond donors (Lipinski definition) is 0. The molecule has 0 saturated heterocycles. The maximum atomic E-state index is 6.26. The molecule has 45 heavy (non-hydrogen) atoms. The molecule has 0 saturated carbocycles. The molecule has 0 atom stereocenters. The fraction of sp³-hybridized carbons (Fsp3) is 0. The molecule has 10 rings (SSSR count). The lowest BCUT2D eigenvalue weighted by Gasteiger charge is -2.09. The highest BCUT2D eigenvalue weighted by atomic mass is 32.1. The number of imidazole rings is 1. The van der Waals surface area contributed by atoms with Crippen LogP contribution in [0.25, 0.3) is 92.7 Å². The summed E-state index contributed by atoms with van der Waals surface area (Å²) in [5.41, 5.74) is 9.56. The van der Waals surface area contributed by atoms with E-state index < -0.39 is 0 Å². The summed E-state index contributed by atoms with van der Waals surface area (Å²) in [6.07, 6.45) is 2.10. The maximum absolute atomic E-state index is 6.26. The fourth-order valence-electron chi connectivity index (χ4n) is 6.58. The highest BCUT2D eigenvalue weighted by Gasteiger charge is 2.20. The number of nitrogens with zero attached hydrogens (tertiary/aromatic N) is 4. The second-order valence-electron chi connectivity index (χ2n) is 11.3. The van der Waals surface area contributed by atoms with E-state index in [4.69, 9.17) is 19.4 Å². The smallest absolute Gasteiger partial charge is 0.231 e. The van der Waals surface area contributed by atoms with Crippen molar-refractivity contribution in [2.45, 2.75) is 0 Å². The molecule has 0 aliphatic rings. The topological polar surface area (TPSA) is 56.2 Å². The van der Waals surface area contributed by atoms with E-state index in [-0.39, 0.29) is 0 Å². The van der Waals surface area contributed by atoms with Crippen molar-refractivity contribution in [1.29, 1.82) is 0 Å². The van der Waals surface area contributed by atoms with Crippen LogP contribution in [0, 0.1) is 0 Å². The average Bonchev–Trinajstić information content (AvgIpc) is 3.79. The predicted octanol–water partition coefficient (Wildman–Crippen LogP) is 10.5. The lowest BCUT2D eigenvalue weighted by Crippen LogP contribution is -1.94. The van der Waals surface area contributed by atoms with E-state index in [1.165, 1.54) is 20.2 Å². The van der Waals surface area contributed by atoms with Crippen molar-refractivity contribution in [2.24, 2.45) is 0 Å². The summed E-state index contributed by atoms with van der Waals surface area (Å²) in [7, 11) is 0. The van der Waals surface area contributed by atoms with Crippen molar-refractivity contribution >= 4 is 70.3 Å². The molecule has 5 aromatic heterocycles. The van der Waals surface area contributed by atoms with Gasteiger partial charge >= 0.3 is 0 Å². The van der Waals surface area contributed by atoms with Crippen LogP contribution in [0.2, 0.25) is 0 Å². The fourth-order valence-corrected chi connectivity index (χ4v) is 7.76. The lowest BCUT2D eigenvalue weighted by molar-refractivity contribution is 0.653. The number of fused-ring (bicyclic) bond motifs is 10. The molecule has 5 nitrogen and oxygen atoms in total. The monoisotopic (exact) mass is 594 g/mol. The molecular weight excluding hydrogens is 573 g/mol. The van der Waals surface area contributed by atoms with Gasteiger partial charge in [0.25, 0.3) is 0 Å². The third-order valence-corrected chi connectivity index (χ3v) is 9.86. The zero-order chi connectivity index (χ0) is 29.5. The SMILES string of the molecule is c1ccc(-c2nc(-c3ccc(-c4cc5c6ccccc6sc5c5nc6ccccn6c45)cc3)nc3oc4ccccc4c23)cc1. The second kappa shape index (κ2) is 9.32. The number of hydrogen-bond acceptors (Lipinski definition) is 5. The third-order valence-electron chi connectivity index (χ3n) is 8.66. The van der Waals surface area contributed by atoms with Crippen LogP contribution in [0.3, 0.4) is 0 Å². The quantitative estimate of drug-likeness (QED) is 0.204. The summed E-state index contributed by atoms with van der Waals surface area (Å²) in [6, 6.07) is 44.0. The van der Waals surface area contributed by atoms with Crippen LogP contribution < -0.4 is 0 Å². The van der Waals surface area contributed by atoms with Gasteiger partial charge in [-0.15, -0.1) is 11.3 Å². The second-order valence-corrected chi connectivity index (χ2v) is 12.3. The minimum atomic E-state index is 0.589. The van der Waals surface area contributed by atoms with Gasteiger partial charge in [0.2, 0.25) is 5.71 Å². The van der Waals surface area contributed by atoms with Crippen molar-refractivity contribution in [2.75, 3.05) is 0 Å². The number of pyridine rings is 1. The molecule has 210 valence electrons. The zero-order valence-electron chi connectivity index (χ0n) is 23.8. The molecular formula is C39H22N4OS. The van der Waals surface area contributed by atoms with Gasteiger partial charge in [0.05, 0.1) is 21.3 Å². The van der Waals surface area contributed by atoms with Crippen LogP contribution in [0.15, 0.2) is 138 Å². The Balaban J connectivity index is 1.19. The van der Waals surface area contributed by atoms with Gasteiger partial charge in [0, 0.05) is 43.7 Å². The largest absolute Gasteiger partial charge is 0.438 e. The Kier molecular flexibility index (Phi) is 5.09. The summed E-state index contributed by atoms with van der Waals surface area (Å²) < 4.78 is 10.9. The predicted molar refractivity (Wildman–Crippen MR) is 185 cm³/mol. The number of benzene rings is 5. The van der Waals surface area contributed by atoms with Gasteiger partial charge in [-0.05, 0) is 35.9 Å². The lowest BCUT2D eigenvalue weighted by atomic mass is 9.99. The van der Waals surface area contributed by atoms with Gasteiger partial charge in [0.15, 0.2) is 5.82 Å². The Labute approximate surface area is 260 Å². The standard InChI is InChI=1S/C39H22N4OS/c1-2-10-24(11-3-1)34-33-27-13-4-6-14-30(27)44-39(33)42-38(41-34)25-19-17-23(18-20-25)28-22-29-26-12-5-7-15-31(26)45-37(29)35-36(28)43-21-9-8-16-32(43)40-35/h1-22H. The molecule has 0 bridgehead atoms. The Morgan fingerprint density at radius 2 is 1.36 bits per heavy atom. The Morgan fingerprint density at radius 3 is 2.24 bits per heavy atom.